The summed E-state index contributed by atoms with van der Waals surface area (Å²) in [6.07, 6.45) is 8.05. The molecule has 160 valence electrons. The minimum Gasteiger partial charge on any atom is -0.353 e. The zero-order chi connectivity index (χ0) is 21.3. The quantitative estimate of drug-likeness (QED) is 0.590. The summed E-state index contributed by atoms with van der Waals surface area (Å²) in [5.41, 5.74) is 0.548. The molecule has 1 aliphatic rings. The number of anilines is 1. The first kappa shape index (κ1) is 22.3. The van der Waals surface area contributed by atoms with Gasteiger partial charge in [0.05, 0.1) is 11.3 Å². The number of rotatable bonds is 6. The highest BCUT2D eigenvalue weighted by atomic mass is 32.2. The van der Waals surface area contributed by atoms with Crippen LogP contribution >= 0.6 is 11.8 Å². The summed E-state index contributed by atoms with van der Waals surface area (Å²) >= 11 is 1.29. The van der Waals surface area contributed by atoms with Crippen molar-refractivity contribution in [2.24, 2.45) is 0 Å². The molecule has 1 fully saturated rings. The summed E-state index contributed by atoms with van der Waals surface area (Å²) < 4.78 is 26.5. The van der Waals surface area contributed by atoms with Crippen LogP contribution in [-0.2, 0) is 4.79 Å². The predicted octanol–water partition coefficient (Wildman–Crippen LogP) is 5.54. The Morgan fingerprint density at radius 1 is 0.933 bits per heavy atom. The Morgan fingerprint density at radius 3 is 2.37 bits per heavy atom. The number of thioether (sulfide) groups is 1. The van der Waals surface area contributed by atoms with Crippen LogP contribution < -0.4 is 10.6 Å². The lowest BCUT2D eigenvalue weighted by Gasteiger charge is -2.21. The smallest absolute Gasteiger partial charge is 0.256 e. The maximum atomic E-state index is 13.4. The van der Waals surface area contributed by atoms with E-state index in [0.717, 1.165) is 37.8 Å². The van der Waals surface area contributed by atoms with Crippen LogP contribution in [0.1, 0.15) is 55.3 Å². The maximum Gasteiger partial charge on any atom is 0.256 e. The third kappa shape index (κ3) is 6.55. The fraction of sp³-hybridized carbons (Fsp3) is 0.391. The summed E-state index contributed by atoms with van der Waals surface area (Å²) in [7, 11) is 0. The first-order chi connectivity index (χ1) is 14.5. The van der Waals surface area contributed by atoms with Gasteiger partial charge in [0.2, 0.25) is 5.91 Å². The van der Waals surface area contributed by atoms with E-state index in [1.165, 1.54) is 37.1 Å². The molecule has 2 aromatic carbocycles. The van der Waals surface area contributed by atoms with Crippen LogP contribution in [0.15, 0.2) is 47.4 Å². The molecule has 30 heavy (non-hydrogen) atoms. The fourth-order valence-electron chi connectivity index (χ4n) is 3.57. The molecule has 0 bridgehead atoms. The highest BCUT2D eigenvalue weighted by Crippen LogP contribution is 2.24. The summed E-state index contributed by atoms with van der Waals surface area (Å²) in [5.74, 6) is -2.27. The van der Waals surface area contributed by atoms with E-state index < -0.39 is 17.5 Å². The van der Waals surface area contributed by atoms with Gasteiger partial charge in [0, 0.05) is 22.7 Å². The summed E-state index contributed by atoms with van der Waals surface area (Å²) in [6, 6.07) is 10.4. The van der Waals surface area contributed by atoms with E-state index in [0.29, 0.717) is 10.5 Å². The standard InChI is InChI=1S/C23H26F2N2O2S/c24-19-13-12-17(14-20(19)25)27-23(29)18-10-6-7-11-21(18)30-15-22(28)26-16-8-4-2-1-3-5-9-16/h6-7,10-14,16H,1-5,8-9,15H2,(H,26,28)(H,27,29). The van der Waals surface area contributed by atoms with Crippen molar-refractivity contribution in [3.05, 3.63) is 59.7 Å². The second-order valence-electron chi connectivity index (χ2n) is 7.48. The average molecular weight is 433 g/mol. The van der Waals surface area contributed by atoms with Gasteiger partial charge in [-0.2, -0.15) is 0 Å². The number of hydrogen-bond donors (Lipinski definition) is 2. The molecule has 4 nitrogen and oxygen atoms in total. The van der Waals surface area contributed by atoms with Gasteiger partial charge in [-0.05, 0) is 37.1 Å². The number of benzene rings is 2. The Kier molecular flexibility index (Phi) is 8.25. The van der Waals surface area contributed by atoms with Gasteiger partial charge in [-0.25, -0.2) is 8.78 Å². The van der Waals surface area contributed by atoms with Crippen molar-refractivity contribution in [3.8, 4) is 0 Å². The molecule has 0 radical (unpaired) electrons. The predicted molar refractivity (Wildman–Crippen MR) is 116 cm³/mol. The number of amides is 2. The second kappa shape index (κ2) is 11.1. The van der Waals surface area contributed by atoms with E-state index in [9.17, 15) is 18.4 Å². The molecule has 2 aromatic rings. The third-order valence-corrected chi connectivity index (χ3v) is 6.21. The van der Waals surface area contributed by atoms with Crippen molar-refractivity contribution < 1.29 is 18.4 Å². The van der Waals surface area contributed by atoms with Crippen LogP contribution in [0, 0.1) is 11.6 Å². The van der Waals surface area contributed by atoms with Crippen LogP contribution in [0.3, 0.4) is 0 Å². The second-order valence-corrected chi connectivity index (χ2v) is 8.49. The lowest BCUT2D eigenvalue weighted by atomic mass is 9.97. The number of halogens is 2. The first-order valence-corrected chi connectivity index (χ1v) is 11.3. The Morgan fingerprint density at radius 2 is 1.63 bits per heavy atom. The highest BCUT2D eigenvalue weighted by Gasteiger charge is 2.17. The topological polar surface area (TPSA) is 58.2 Å². The van der Waals surface area contributed by atoms with Gasteiger partial charge in [-0.3, -0.25) is 9.59 Å². The molecule has 0 unspecified atom stereocenters. The Balaban J connectivity index is 1.58. The summed E-state index contributed by atoms with van der Waals surface area (Å²) in [4.78, 5) is 25.7. The molecule has 3 rings (SSSR count). The van der Waals surface area contributed by atoms with Crippen molar-refractivity contribution in [3.63, 3.8) is 0 Å². The van der Waals surface area contributed by atoms with E-state index in [1.54, 1.807) is 24.3 Å². The highest BCUT2D eigenvalue weighted by molar-refractivity contribution is 8.00. The molecule has 1 aliphatic carbocycles. The summed E-state index contributed by atoms with van der Waals surface area (Å²) in [6.45, 7) is 0. The SMILES string of the molecule is O=C(CSc1ccccc1C(=O)Nc1ccc(F)c(F)c1)NC1CCCCCCC1. The van der Waals surface area contributed by atoms with Crippen LogP contribution in [0.5, 0.6) is 0 Å². The molecule has 7 heteroatoms. The maximum absolute atomic E-state index is 13.4. The molecular weight excluding hydrogens is 406 g/mol. The molecule has 0 heterocycles. The van der Waals surface area contributed by atoms with Gasteiger partial charge >= 0.3 is 0 Å². The monoisotopic (exact) mass is 432 g/mol. The average Bonchev–Trinajstić information content (AvgIpc) is 2.71. The Hall–Kier alpha value is -2.41. The van der Waals surface area contributed by atoms with Gasteiger partial charge in [-0.1, -0.05) is 44.2 Å². The van der Waals surface area contributed by atoms with Crippen LogP contribution in [0.25, 0.3) is 0 Å². The van der Waals surface area contributed by atoms with Gasteiger partial charge in [0.15, 0.2) is 11.6 Å². The molecular formula is C23H26F2N2O2S. The van der Waals surface area contributed by atoms with Gasteiger partial charge < -0.3 is 10.6 Å². The zero-order valence-electron chi connectivity index (χ0n) is 16.8. The minimum atomic E-state index is -1.03. The van der Waals surface area contributed by atoms with E-state index in [4.69, 9.17) is 0 Å². The van der Waals surface area contributed by atoms with Gasteiger partial charge in [0.25, 0.3) is 5.91 Å². The lowest BCUT2D eigenvalue weighted by molar-refractivity contribution is -0.119. The molecule has 2 amide bonds. The molecule has 0 spiro atoms. The van der Waals surface area contributed by atoms with Crippen molar-refractivity contribution in [1.82, 2.24) is 5.32 Å². The fourth-order valence-corrected chi connectivity index (χ4v) is 4.43. The van der Waals surface area contributed by atoms with Gasteiger partial charge in [-0.15, -0.1) is 11.8 Å². The van der Waals surface area contributed by atoms with Crippen molar-refractivity contribution in [2.75, 3.05) is 11.1 Å². The molecule has 1 saturated carbocycles. The van der Waals surface area contributed by atoms with E-state index in [2.05, 4.69) is 10.6 Å². The molecule has 0 aromatic heterocycles. The van der Waals surface area contributed by atoms with Crippen LogP contribution in [-0.4, -0.2) is 23.6 Å². The van der Waals surface area contributed by atoms with Crippen molar-refractivity contribution in [1.29, 1.82) is 0 Å². The minimum absolute atomic E-state index is 0.0404. The van der Waals surface area contributed by atoms with E-state index >= 15 is 0 Å². The Labute approximate surface area is 179 Å². The Bertz CT molecular complexity index is 883. The first-order valence-electron chi connectivity index (χ1n) is 10.3. The number of hydrogen-bond acceptors (Lipinski definition) is 3. The van der Waals surface area contributed by atoms with Crippen molar-refractivity contribution >= 4 is 29.3 Å². The van der Waals surface area contributed by atoms with Crippen LogP contribution in [0.4, 0.5) is 14.5 Å². The molecule has 0 saturated heterocycles. The van der Waals surface area contributed by atoms with Crippen molar-refractivity contribution in [2.45, 2.75) is 55.9 Å². The van der Waals surface area contributed by atoms with Crippen LogP contribution in [0.2, 0.25) is 0 Å². The molecule has 0 atom stereocenters. The zero-order valence-corrected chi connectivity index (χ0v) is 17.6. The third-order valence-electron chi connectivity index (χ3n) is 5.14. The molecule has 2 N–H and O–H groups in total. The number of carbonyl (C=O) groups excluding carboxylic acids is 2. The summed E-state index contributed by atoms with van der Waals surface area (Å²) in [5, 5.41) is 5.69. The number of nitrogens with one attached hydrogen (secondary N) is 2. The van der Waals surface area contributed by atoms with E-state index in [1.807, 2.05) is 0 Å². The largest absolute Gasteiger partial charge is 0.353 e. The molecule has 0 aliphatic heterocycles. The number of carbonyl (C=O) groups is 2. The van der Waals surface area contributed by atoms with Gasteiger partial charge in [0.1, 0.15) is 0 Å². The van der Waals surface area contributed by atoms with E-state index in [-0.39, 0.29) is 23.4 Å². The lowest BCUT2D eigenvalue weighted by Crippen LogP contribution is -2.36. The normalized spacial score (nSPS) is 15.1.